The van der Waals surface area contributed by atoms with Gasteiger partial charge in [-0.1, -0.05) is 12.1 Å². The third-order valence-electron chi connectivity index (χ3n) is 5.62. The van der Waals surface area contributed by atoms with Crippen molar-refractivity contribution >= 4 is 17.7 Å². The smallest absolute Gasteiger partial charge is 0.409 e. The number of aryl methyl sites for hydroxylation is 1. The second-order valence-electron chi connectivity index (χ2n) is 7.79. The van der Waals surface area contributed by atoms with E-state index in [-0.39, 0.29) is 6.09 Å². The summed E-state index contributed by atoms with van der Waals surface area (Å²) in [6.45, 7) is 8.39. The van der Waals surface area contributed by atoms with Crippen LogP contribution in [-0.4, -0.2) is 62.8 Å². The highest BCUT2D eigenvalue weighted by atomic mass is 16.6. The lowest BCUT2D eigenvalue weighted by Crippen LogP contribution is -2.49. The van der Waals surface area contributed by atoms with E-state index in [0.29, 0.717) is 32.3 Å². The van der Waals surface area contributed by atoms with E-state index in [1.54, 1.807) is 4.90 Å². The number of nitrogens with zero attached hydrogens (tertiary/aromatic N) is 3. The second-order valence-corrected chi connectivity index (χ2v) is 7.79. The molecule has 0 aromatic heterocycles. The molecule has 0 radical (unpaired) electrons. The number of guanidine groups is 1. The summed E-state index contributed by atoms with van der Waals surface area (Å²) in [6, 6.07) is 7.03. The maximum atomic E-state index is 11.9. The maximum Gasteiger partial charge on any atom is 0.409 e. The molecule has 0 bridgehead atoms. The predicted octanol–water partition coefficient (Wildman–Crippen LogP) is 2.75. The number of hydrogen-bond acceptors (Lipinski definition) is 4. The predicted molar refractivity (Wildman–Crippen MR) is 118 cm³/mol. The first-order valence-electron chi connectivity index (χ1n) is 10.9. The number of piperidine rings is 1. The average Bonchev–Trinajstić information content (AvgIpc) is 2.73. The molecule has 1 amide bonds. The van der Waals surface area contributed by atoms with Crippen LogP contribution in [0.2, 0.25) is 0 Å². The summed E-state index contributed by atoms with van der Waals surface area (Å²) in [6.07, 6.45) is 3.95. The van der Waals surface area contributed by atoms with Crippen molar-refractivity contribution in [3.05, 3.63) is 29.3 Å². The third kappa shape index (κ3) is 5.78. The van der Waals surface area contributed by atoms with Gasteiger partial charge in [-0.3, -0.25) is 0 Å². The Balaban J connectivity index is 1.56. The van der Waals surface area contributed by atoms with E-state index in [1.165, 1.54) is 23.2 Å². The number of aliphatic imine (C=N–C) groups is 1. The lowest BCUT2D eigenvalue weighted by molar-refractivity contribution is 0.0963. The highest BCUT2D eigenvalue weighted by Gasteiger charge is 2.24. The average molecular weight is 402 g/mol. The van der Waals surface area contributed by atoms with Gasteiger partial charge < -0.3 is 25.2 Å². The van der Waals surface area contributed by atoms with E-state index in [1.807, 2.05) is 6.92 Å². The standard InChI is InChI=1S/C22H35N5O2/c1-4-23-21(25-19-10-13-27(14-11-19)22(28)29-5-2)24-16-17-8-9-20-18(15-17)7-6-12-26(20)3/h8-9,15,19H,4-7,10-14,16H2,1-3H3,(H2,23,24,25). The van der Waals surface area contributed by atoms with Crippen LogP contribution < -0.4 is 15.5 Å². The zero-order valence-corrected chi connectivity index (χ0v) is 18.0. The zero-order chi connectivity index (χ0) is 20.6. The topological polar surface area (TPSA) is 69.2 Å². The Kier molecular flexibility index (Phi) is 7.61. The van der Waals surface area contributed by atoms with Crippen LogP contribution in [0.5, 0.6) is 0 Å². The summed E-state index contributed by atoms with van der Waals surface area (Å²) >= 11 is 0. The van der Waals surface area contributed by atoms with E-state index < -0.39 is 0 Å². The Morgan fingerprint density at radius 3 is 2.76 bits per heavy atom. The van der Waals surface area contributed by atoms with Crippen molar-refractivity contribution in [2.75, 3.05) is 44.7 Å². The Morgan fingerprint density at radius 2 is 2.03 bits per heavy atom. The minimum absolute atomic E-state index is 0.204. The number of rotatable bonds is 5. The van der Waals surface area contributed by atoms with Gasteiger partial charge in [0.05, 0.1) is 13.2 Å². The molecule has 2 aliphatic rings. The molecule has 7 nitrogen and oxygen atoms in total. The Morgan fingerprint density at radius 1 is 1.24 bits per heavy atom. The van der Waals surface area contributed by atoms with E-state index in [9.17, 15) is 4.79 Å². The van der Waals surface area contributed by atoms with E-state index in [0.717, 1.165) is 38.3 Å². The Bertz CT molecular complexity index is 713. The number of carbonyl (C=O) groups is 1. The molecule has 29 heavy (non-hydrogen) atoms. The number of anilines is 1. The quantitative estimate of drug-likeness (QED) is 0.587. The first kappa shape index (κ1) is 21.3. The van der Waals surface area contributed by atoms with Crippen LogP contribution in [0.3, 0.4) is 0 Å². The molecule has 1 aromatic rings. The molecule has 160 valence electrons. The molecule has 1 fully saturated rings. The van der Waals surface area contributed by atoms with Gasteiger partial charge in [-0.25, -0.2) is 9.79 Å². The van der Waals surface area contributed by atoms with Crippen LogP contribution in [0.15, 0.2) is 23.2 Å². The van der Waals surface area contributed by atoms with E-state index >= 15 is 0 Å². The van der Waals surface area contributed by atoms with Crippen LogP contribution >= 0.6 is 0 Å². The van der Waals surface area contributed by atoms with Crippen LogP contribution in [0.25, 0.3) is 0 Å². The first-order valence-corrected chi connectivity index (χ1v) is 10.9. The SMILES string of the molecule is CCNC(=NCc1ccc2c(c1)CCCN2C)NC1CCN(C(=O)OCC)CC1. The van der Waals surface area contributed by atoms with E-state index in [2.05, 4.69) is 47.7 Å². The number of hydrogen-bond donors (Lipinski definition) is 2. The number of amides is 1. The fraction of sp³-hybridized carbons (Fsp3) is 0.636. The molecule has 0 unspecified atom stereocenters. The first-order chi connectivity index (χ1) is 14.1. The monoisotopic (exact) mass is 401 g/mol. The molecule has 7 heteroatoms. The van der Waals surface area contributed by atoms with Crippen molar-refractivity contribution in [2.24, 2.45) is 4.99 Å². The molecular weight excluding hydrogens is 366 g/mol. The van der Waals surface area contributed by atoms with Crippen LogP contribution in [0.4, 0.5) is 10.5 Å². The van der Waals surface area contributed by atoms with Gasteiger partial charge in [-0.15, -0.1) is 0 Å². The molecule has 1 aromatic carbocycles. The summed E-state index contributed by atoms with van der Waals surface area (Å²) in [5, 5.41) is 6.89. The summed E-state index contributed by atoms with van der Waals surface area (Å²) in [5.74, 6) is 0.844. The largest absolute Gasteiger partial charge is 0.450 e. The van der Waals surface area contributed by atoms with Crippen LogP contribution in [0.1, 0.15) is 44.2 Å². The van der Waals surface area contributed by atoms with Crippen molar-refractivity contribution in [2.45, 2.75) is 52.1 Å². The highest BCUT2D eigenvalue weighted by molar-refractivity contribution is 5.80. The molecule has 1 saturated heterocycles. The van der Waals surface area contributed by atoms with Gasteiger partial charge in [0.1, 0.15) is 0 Å². The zero-order valence-electron chi connectivity index (χ0n) is 18.0. The number of benzene rings is 1. The van der Waals surface area contributed by atoms with Gasteiger partial charge in [0.15, 0.2) is 5.96 Å². The molecule has 2 N–H and O–H groups in total. The van der Waals surface area contributed by atoms with Gasteiger partial charge in [0.25, 0.3) is 0 Å². The molecule has 2 heterocycles. The number of carbonyl (C=O) groups excluding carboxylic acids is 1. The molecular formula is C22H35N5O2. The molecule has 0 aliphatic carbocycles. The number of nitrogens with one attached hydrogen (secondary N) is 2. The minimum Gasteiger partial charge on any atom is -0.450 e. The highest BCUT2D eigenvalue weighted by Crippen LogP contribution is 2.27. The summed E-state index contributed by atoms with van der Waals surface area (Å²) in [4.78, 5) is 20.8. The molecule has 3 rings (SSSR count). The normalized spacial score (nSPS) is 17.7. The van der Waals surface area contributed by atoms with Gasteiger partial charge >= 0.3 is 6.09 Å². The molecule has 0 atom stereocenters. The van der Waals surface area contributed by atoms with Crippen molar-refractivity contribution in [3.63, 3.8) is 0 Å². The summed E-state index contributed by atoms with van der Waals surface area (Å²) in [5.41, 5.74) is 4.02. The van der Waals surface area contributed by atoms with Gasteiger partial charge in [-0.2, -0.15) is 0 Å². The minimum atomic E-state index is -0.204. The molecule has 0 saturated carbocycles. The second kappa shape index (κ2) is 10.4. The van der Waals surface area contributed by atoms with Gasteiger partial charge in [0.2, 0.25) is 0 Å². The van der Waals surface area contributed by atoms with Gasteiger partial charge in [-0.05, 0) is 56.7 Å². The lowest BCUT2D eigenvalue weighted by atomic mass is 10.00. The summed E-state index contributed by atoms with van der Waals surface area (Å²) in [7, 11) is 2.16. The molecule has 0 spiro atoms. The number of fused-ring (bicyclic) bond motifs is 1. The van der Waals surface area contributed by atoms with Crippen molar-refractivity contribution < 1.29 is 9.53 Å². The summed E-state index contributed by atoms with van der Waals surface area (Å²) < 4.78 is 5.10. The van der Waals surface area contributed by atoms with Crippen molar-refractivity contribution in [1.82, 2.24) is 15.5 Å². The lowest BCUT2D eigenvalue weighted by Gasteiger charge is -2.32. The van der Waals surface area contributed by atoms with Crippen LogP contribution in [0, 0.1) is 0 Å². The fourth-order valence-corrected chi connectivity index (χ4v) is 4.04. The Hall–Kier alpha value is -2.44. The number of likely N-dealkylation sites (tertiary alicyclic amines) is 1. The van der Waals surface area contributed by atoms with E-state index in [4.69, 9.17) is 9.73 Å². The number of ether oxygens (including phenoxy) is 1. The van der Waals surface area contributed by atoms with Crippen molar-refractivity contribution in [3.8, 4) is 0 Å². The third-order valence-corrected chi connectivity index (χ3v) is 5.62. The maximum absolute atomic E-state index is 11.9. The van der Waals surface area contributed by atoms with Crippen LogP contribution in [-0.2, 0) is 17.7 Å². The Labute approximate surface area is 174 Å². The van der Waals surface area contributed by atoms with Gasteiger partial charge in [0, 0.05) is 45.0 Å². The molecule has 2 aliphatic heterocycles. The van der Waals surface area contributed by atoms with Crippen molar-refractivity contribution in [1.29, 1.82) is 0 Å². The fourth-order valence-electron chi connectivity index (χ4n) is 4.04.